The van der Waals surface area contributed by atoms with Gasteiger partial charge in [-0.1, -0.05) is 0 Å². The molecule has 0 saturated carbocycles. The molecule has 1 heterocycles. The molecular formula is C18H22N2O10. The number of nitro benzene ring substituents is 1. The van der Waals surface area contributed by atoms with Gasteiger partial charge >= 0.3 is 11.9 Å². The van der Waals surface area contributed by atoms with E-state index >= 15 is 0 Å². The minimum Gasteiger partial charge on any atom is -0.463 e. The number of aliphatic hydroxyl groups excluding tert-OH is 1. The summed E-state index contributed by atoms with van der Waals surface area (Å²) in [5.41, 5.74) is -0.159. The largest absolute Gasteiger partial charge is 0.463 e. The maximum atomic E-state index is 11.6. The number of non-ortho nitro benzene ring substituents is 1. The van der Waals surface area contributed by atoms with Crippen LogP contribution in [0.2, 0.25) is 0 Å². The normalized spacial score (nSPS) is 25.7. The van der Waals surface area contributed by atoms with Gasteiger partial charge in [0.1, 0.15) is 30.6 Å². The summed E-state index contributed by atoms with van der Waals surface area (Å²) in [6.45, 7) is 3.16. The zero-order valence-electron chi connectivity index (χ0n) is 16.5. The van der Waals surface area contributed by atoms with Crippen LogP contribution in [0.4, 0.5) is 5.69 Å². The molecule has 1 aliphatic rings. The fourth-order valence-corrected chi connectivity index (χ4v) is 2.86. The minimum atomic E-state index is -1.46. The fourth-order valence-electron chi connectivity index (χ4n) is 2.86. The molecule has 0 radical (unpaired) electrons. The number of ether oxygens (including phenoxy) is 4. The lowest BCUT2D eigenvalue weighted by atomic mass is 9.96. The summed E-state index contributed by atoms with van der Waals surface area (Å²) in [7, 11) is 0. The molecule has 2 N–H and O–H groups in total. The number of carbonyl (C=O) groups excluding carboxylic acids is 3. The quantitative estimate of drug-likeness (QED) is 0.346. The smallest absolute Gasteiger partial charge is 0.303 e. The van der Waals surface area contributed by atoms with Crippen LogP contribution < -0.4 is 10.1 Å². The number of nitro groups is 1. The Bertz CT molecular complexity index is 795. The first-order valence-electron chi connectivity index (χ1n) is 8.90. The third kappa shape index (κ3) is 6.12. The Kier molecular flexibility index (Phi) is 7.66. The summed E-state index contributed by atoms with van der Waals surface area (Å²) in [6, 6.07) is 3.89. The van der Waals surface area contributed by atoms with Crippen LogP contribution in [-0.4, -0.2) is 65.1 Å². The van der Waals surface area contributed by atoms with Gasteiger partial charge in [-0.15, -0.1) is 0 Å². The van der Waals surface area contributed by atoms with Crippen LogP contribution in [0.3, 0.4) is 0 Å². The molecule has 1 fully saturated rings. The predicted octanol–water partition coefficient (Wildman–Crippen LogP) is 0.0589. The SMILES string of the molecule is CC(=O)N[C@@H]1[C@@H](Oc2ccc([N+](=O)[O-])cc2)O[C@H](COC(C)=O)[C@@H](OC(C)=O)[C@@H]1O. The van der Waals surface area contributed by atoms with E-state index in [2.05, 4.69) is 5.32 Å². The summed E-state index contributed by atoms with van der Waals surface area (Å²) in [5.74, 6) is -1.69. The average molecular weight is 426 g/mol. The number of amides is 1. The molecule has 5 atom stereocenters. The molecule has 0 bridgehead atoms. The number of nitrogens with one attached hydrogen (secondary N) is 1. The van der Waals surface area contributed by atoms with E-state index in [1.807, 2.05) is 0 Å². The monoisotopic (exact) mass is 426 g/mol. The van der Waals surface area contributed by atoms with Crippen molar-refractivity contribution in [2.24, 2.45) is 0 Å². The first-order valence-corrected chi connectivity index (χ1v) is 8.90. The summed E-state index contributed by atoms with van der Waals surface area (Å²) in [4.78, 5) is 44.5. The molecule has 0 spiro atoms. The van der Waals surface area contributed by atoms with Gasteiger partial charge in [-0.25, -0.2) is 0 Å². The van der Waals surface area contributed by atoms with Crippen LogP contribution in [0.25, 0.3) is 0 Å². The van der Waals surface area contributed by atoms with Crippen LogP contribution in [-0.2, 0) is 28.6 Å². The van der Waals surface area contributed by atoms with Crippen molar-refractivity contribution in [1.82, 2.24) is 5.32 Å². The lowest BCUT2D eigenvalue weighted by molar-refractivity contribution is -0.384. The Morgan fingerprint density at radius 2 is 1.80 bits per heavy atom. The molecule has 164 valence electrons. The maximum Gasteiger partial charge on any atom is 0.303 e. The Labute approximate surface area is 171 Å². The summed E-state index contributed by atoms with van der Waals surface area (Å²) < 4.78 is 21.4. The second-order valence-corrected chi connectivity index (χ2v) is 6.51. The number of hydrogen-bond acceptors (Lipinski definition) is 10. The number of rotatable bonds is 7. The Morgan fingerprint density at radius 1 is 1.17 bits per heavy atom. The van der Waals surface area contributed by atoms with Crippen molar-refractivity contribution >= 4 is 23.5 Å². The van der Waals surface area contributed by atoms with Crippen LogP contribution in [0, 0.1) is 10.1 Å². The average Bonchev–Trinajstić information content (AvgIpc) is 2.65. The zero-order chi connectivity index (χ0) is 22.4. The van der Waals surface area contributed by atoms with Crippen LogP contribution in [0.15, 0.2) is 24.3 Å². The van der Waals surface area contributed by atoms with Crippen molar-refractivity contribution in [3.63, 3.8) is 0 Å². The van der Waals surface area contributed by atoms with E-state index in [1.165, 1.54) is 38.1 Å². The number of nitrogens with zero attached hydrogens (tertiary/aromatic N) is 1. The van der Waals surface area contributed by atoms with Crippen LogP contribution in [0.1, 0.15) is 20.8 Å². The second kappa shape index (κ2) is 9.98. The van der Waals surface area contributed by atoms with Crippen LogP contribution in [0.5, 0.6) is 5.75 Å². The number of esters is 2. The Hall–Kier alpha value is -3.25. The molecule has 12 heteroatoms. The highest BCUT2D eigenvalue weighted by molar-refractivity contribution is 5.73. The van der Waals surface area contributed by atoms with Crippen molar-refractivity contribution in [3.05, 3.63) is 34.4 Å². The van der Waals surface area contributed by atoms with Gasteiger partial charge in [0.15, 0.2) is 6.10 Å². The minimum absolute atomic E-state index is 0.158. The first-order chi connectivity index (χ1) is 14.1. The fraction of sp³-hybridized carbons (Fsp3) is 0.500. The molecule has 0 unspecified atom stereocenters. The lowest BCUT2D eigenvalue weighted by Gasteiger charge is -2.43. The predicted molar refractivity (Wildman–Crippen MR) is 98.2 cm³/mol. The number of benzene rings is 1. The Morgan fingerprint density at radius 3 is 2.30 bits per heavy atom. The van der Waals surface area contributed by atoms with Gasteiger partial charge in [0.05, 0.1) is 4.92 Å². The van der Waals surface area contributed by atoms with E-state index in [0.717, 1.165) is 6.92 Å². The van der Waals surface area contributed by atoms with E-state index < -0.39 is 53.4 Å². The highest BCUT2D eigenvalue weighted by Crippen LogP contribution is 2.27. The van der Waals surface area contributed by atoms with Gasteiger partial charge in [-0.3, -0.25) is 24.5 Å². The highest BCUT2D eigenvalue weighted by atomic mass is 16.7. The van der Waals surface area contributed by atoms with Gasteiger partial charge in [0.2, 0.25) is 12.2 Å². The molecule has 1 aromatic rings. The van der Waals surface area contributed by atoms with Gasteiger partial charge < -0.3 is 29.4 Å². The summed E-state index contributed by atoms with van der Waals surface area (Å²) in [5, 5.41) is 24.0. The van der Waals surface area contributed by atoms with Gasteiger partial charge in [-0.05, 0) is 12.1 Å². The third-order valence-electron chi connectivity index (χ3n) is 4.10. The van der Waals surface area contributed by atoms with Crippen molar-refractivity contribution in [3.8, 4) is 5.75 Å². The number of aliphatic hydroxyl groups is 1. The van der Waals surface area contributed by atoms with E-state index in [-0.39, 0.29) is 18.0 Å². The molecule has 1 aliphatic heterocycles. The second-order valence-electron chi connectivity index (χ2n) is 6.51. The molecular weight excluding hydrogens is 404 g/mol. The third-order valence-corrected chi connectivity index (χ3v) is 4.10. The van der Waals surface area contributed by atoms with Gasteiger partial charge in [0, 0.05) is 32.9 Å². The topological polar surface area (TPSA) is 164 Å². The van der Waals surface area contributed by atoms with E-state index in [9.17, 15) is 29.6 Å². The van der Waals surface area contributed by atoms with Crippen molar-refractivity contribution in [1.29, 1.82) is 0 Å². The molecule has 2 rings (SSSR count). The number of carbonyl (C=O) groups is 3. The van der Waals surface area contributed by atoms with Crippen molar-refractivity contribution in [2.75, 3.05) is 6.61 Å². The molecule has 0 aromatic heterocycles. The van der Waals surface area contributed by atoms with Gasteiger partial charge in [0.25, 0.3) is 5.69 Å². The van der Waals surface area contributed by atoms with Crippen molar-refractivity contribution < 1.29 is 43.4 Å². The highest BCUT2D eigenvalue weighted by Gasteiger charge is 2.49. The summed E-state index contributed by atoms with van der Waals surface area (Å²) >= 11 is 0. The van der Waals surface area contributed by atoms with Gasteiger partial charge in [-0.2, -0.15) is 0 Å². The number of hydrogen-bond donors (Lipinski definition) is 2. The standard InChI is InChI=1S/C18H22N2O10/c1-9(21)19-15-16(24)17(28-11(3)23)14(8-27-10(2)22)30-18(15)29-13-6-4-12(5-7-13)20(25)26/h4-7,14-18,24H,8H2,1-3H3,(H,19,21)/t14-,15+,16-,17-,18+/m1/s1. The summed E-state index contributed by atoms with van der Waals surface area (Å²) in [6.07, 6.45) is -5.09. The molecule has 1 aromatic carbocycles. The molecule has 30 heavy (non-hydrogen) atoms. The molecule has 12 nitrogen and oxygen atoms in total. The van der Waals surface area contributed by atoms with E-state index in [1.54, 1.807) is 0 Å². The first kappa shape index (κ1) is 23.0. The maximum absolute atomic E-state index is 11.6. The molecule has 1 saturated heterocycles. The lowest BCUT2D eigenvalue weighted by Crippen LogP contribution is -2.66. The van der Waals surface area contributed by atoms with Crippen molar-refractivity contribution in [2.45, 2.75) is 51.4 Å². The molecule has 1 amide bonds. The zero-order valence-corrected chi connectivity index (χ0v) is 16.5. The van der Waals surface area contributed by atoms with E-state index in [0.29, 0.717) is 0 Å². The van der Waals surface area contributed by atoms with E-state index in [4.69, 9.17) is 18.9 Å². The molecule has 0 aliphatic carbocycles. The van der Waals surface area contributed by atoms with Crippen LogP contribution >= 0.6 is 0 Å². The Balaban J connectivity index is 2.29.